The molecule has 3 heterocycles. The highest BCUT2D eigenvalue weighted by molar-refractivity contribution is 5.86. The lowest BCUT2D eigenvalue weighted by molar-refractivity contribution is -0.142. The molecule has 2 aromatic carbocycles. The minimum absolute atomic E-state index is 0.0292. The van der Waals surface area contributed by atoms with E-state index in [1.807, 2.05) is 43.3 Å². The second-order valence-electron chi connectivity index (χ2n) is 10.6. The zero-order chi connectivity index (χ0) is 28.0. The standard InChI is InChI=1S/C29H36N4O6/c1-32(2)19-26(35)33-14-11-29(12-15-33)18-21-4-3-5-23(16-21)39-22-8-6-20(7-9-22)17-24(27(36)37)31-25(34)10-13-30-28(29)38/h3-9,16,24H,10-15,17-19H2,1-2H3,(H,30,38)(H,31,34)(H,36,37)/t24-/m0/s1. The number of nitrogens with zero attached hydrogens (tertiary/aromatic N) is 2. The van der Waals surface area contributed by atoms with E-state index in [1.165, 1.54) is 0 Å². The molecule has 10 heteroatoms. The van der Waals surface area contributed by atoms with E-state index < -0.39 is 23.3 Å². The molecule has 1 fully saturated rings. The van der Waals surface area contributed by atoms with Gasteiger partial charge in [0.25, 0.3) is 0 Å². The average molecular weight is 537 g/mol. The average Bonchev–Trinajstić information content (AvgIpc) is 2.89. The van der Waals surface area contributed by atoms with Gasteiger partial charge in [0.05, 0.1) is 12.0 Å². The highest BCUT2D eigenvalue weighted by atomic mass is 16.5. The number of likely N-dealkylation sites (N-methyl/N-ethyl adjacent to an activating group) is 1. The lowest BCUT2D eigenvalue weighted by atomic mass is 9.73. The second-order valence-corrected chi connectivity index (χ2v) is 10.6. The summed E-state index contributed by atoms with van der Waals surface area (Å²) in [6, 6.07) is 13.6. The zero-order valence-electron chi connectivity index (χ0n) is 22.4. The van der Waals surface area contributed by atoms with E-state index in [-0.39, 0.29) is 31.2 Å². The van der Waals surface area contributed by atoms with Crippen LogP contribution in [0.4, 0.5) is 0 Å². The number of benzene rings is 2. The fraction of sp³-hybridized carbons (Fsp3) is 0.448. The molecule has 1 spiro atoms. The summed E-state index contributed by atoms with van der Waals surface area (Å²) in [7, 11) is 3.70. The van der Waals surface area contributed by atoms with Gasteiger partial charge in [-0.05, 0) is 68.8 Å². The quantitative estimate of drug-likeness (QED) is 0.546. The first kappa shape index (κ1) is 28.1. The Balaban J connectivity index is 1.60. The Morgan fingerprint density at radius 1 is 1.05 bits per heavy atom. The van der Waals surface area contributed by atoms with Gasteiger partial charge >= 0.3 is 5.97 Å². The minimum atomic E-state index is -1.13. The molecular formula is C29H36N4O6. The van der Waals surface area contributed by atoms with Crippen molar-refractivity contribution in [2.75, 3.05) is 40.3 Å². The van der Waals surface area contributed by atoms with Gasteiger partial charge in [-0.3, -0.25) is 14.4 Å². The Kier molecular flexibility index (Phi) is 8.86. The van der Waals surface area contributed by atoms with Crippen molar-refractivity contribution < 1.29 is 29.0 Å². The van der Waals surface area contributed by atoms with Crippen molar-refractivity contribution in [1.29, 1.82) is 0 Å². The number of hydrogen-bond acceptors (Lipinski definition) is 6. The fourth-order valence-corrected chi connectivity index (χ4v) is 5.16. The molecule has 0 aliphatic carbocycles. The highest BCUT2D eigenvalue weighted by Gasteiger charge is 2.42. The van der Waals surface area contributed by atoms with Gasteiger partial charge in [-0.1, -0.05) is 24.3 Å². The van der Waals surface area contributed by atoms with Crippen LogP contribution in [0.5, 0.6) is 11.5 Å². The predicted molar refractivity (Wildman–Crippen MR) is 144 cm³/mol. The molecule has 3 aliphatic heterocycles. The first-order valence-electron chi connectivity index (χ1n) is 13.2. The third-order valence-electron chi connectivity index (χ3n) is 7.32. The molecule has 5 rings (SSSR count). The van der Waals surface area contributed by atoms with E-state index in [4.69, 9.17) is 4.74 Å². The minimum Gasteiger partial charge on any atom is -0.480 e. The number of carboxylic acids is 1. The molecule has 0 unspecified atom stereocenters. The SMILES string of the molecule is CN(C)CC(=O)N1CCC2(CC1)Cc1cccc(c1)Oc1ccc(cc1)C[C@@H](C(=O)O)NC(=O)CCNC2=O. The van der Waals surface area contributed by atoms with Crippen LogP contribution < -0.4 is 15.4 Å². The van der Waals surface area contributed by atoms with Gasteiger partial charge < -0.3 is 30.3 Å². The predicted octanol–water partition coefficient (Wildman–Crippen LogP) is 1.82. The topological polar surface area (TPSA) is 128 Å². The molecule has 1 saturated heterocycles. The summed E-state index contributed by atoms with van der Waals surface area (Å²) in [5.74, 6) is -0.504. The van der Waals surface area contributed by atoms with Crippen LogP contribution in [-0.4, -0.2) is 84.9 Å². The van der Waals surface area contributed by atoms with Crippen LogP contribution in [-0.2, 0) is 32.0 Å². The molecule has 0 aromatic heterocycles. The number of aliphatic carboxylic acids is 1. The maximum absolute atomic E-state index is 13.6. The molecule has 0 radical (unpaired) electrons. The molecule has 3 aliphatic rings. The number of carboxylic acid groups (broad SMARTS) is 1. The maximum atomic E-state index is 13.6. The van der Waals surface area contributed by atoms with Gasteiger partial charge in [-0.2, -0.15) is 0 Å². The monoisotopic (exact) mass is 536 g/mol. The molecular weight excluding hydrogens is 500 g/mol. The van der Waals surface area contributed by atoms with Crippen LogP contribution in [0.2, 0.25) is 0 Å². The highest BCUT2D eigenvalue weighted by Crippen LogP contribution is 2.37. The number of carbonyl (C=O) groups excluding carboxylic acids is 3. The van der Waals surface area contributed by atoms with Crippen LogP contribution in [0.15, 0.2) is 48.5 Å². The number of nitrogens with one attached hydrogen (secondary N) is 2. The number of likely N-dealkylation sites (tertiary alicyclic amines) is 1. The summed E-state index contributed by atoms with van der Waals surface area (Å²) in [5, 5.41) is 15.1. The second kappa shape index (κ2) is 12.3. The maximum Gasteiger partial charge on any atom is 0.326 e. The van der Waals surface area contributed by atoms with Crippen molar-refractivity contribution >= 4 is 23.7 Å². The lowest BCUT2D eigenvalue weighted by Crippen LogP contribution is -2.52. The van der Waals surface area contributed by atoms with Crippen LogP contribution in [0, 0.1) is 5.41 Å². The largest absolute Gasteiger partial charge is 0.480 e. The lowest BCUT2D eigenvalue weighted by Gasteiger charge is -2.41. The van der Waals surface area contributed by atoms with E-state index >= 15 is 0 Å². The molecule has 3 N–H and O–H groups in total. The van der Waals surface area contributed by atoms with Gasteiger partial charge in [0, 0.05) is 32.5 Å². The van der Waals surface area contributed by atoms with Crippen LogP contribution >= 0.6 is 0 Å². The Bertz CT molecular complexity index is 1200. The summed E-state index contributed by atoms with van der Waals surface area (Å²) in [4.78, 5) is 54.2. The molecule has 4 bridgehead atoms. The zero-order valence-corrected chi connectivity index (χ0v) is 22.4. The van der Waals surface area contributed by atoms with Crippen LogP contribution in [0.1, 0.15) is 30.4 Å². The Morgan fingerprint density at radius 2 is 1.77 bits per heavy atom. The molecule has 3 amide bonds. The Labute approximate surface area is 228 Å². The normalized spacial score (nSPS) is 20.0. The first-order valence-corrected chi connectivity index (χ1v) is 13.2. The third-order valence-corrected chi connectivity index (χ3v) is 7.32. The summed E-state index contributed by atoms with van der Waals surface area (Å²) >= 11 is 0. The third kappa shape index (κ3) is 7.35. The summed E-state index contributed by atoms with van der Waals surface area (Å²) in [5.41, 5.74) is 0.923. The Hall–Kier alpha value is -3.92. The van der Waals surface area contributed by atoms with Crippen LogP contribution in [0.3, 0.4) is 0 Å². The number of ether oxygens (including phenoxy) is 1. The molecule has 1 atom stereocenters. The number of carbonyl (C=O) groups is 4. The molecule has 39 heavy (non-hydrogen) atoms. The van der Waals surface area contributed by atoms with Gasteiger partial charge in [-0.25, -0.2) is 4.79 Å². The molecule has 10 nitrogen and oxygen atoms in total. The molecule has 0 saturated carbocycles. The fourth-order valence-electron chi connectivity index (χ4n) is 5.16. The summed E-state index contributed by atoms with van der Waals surface area (Å²) < 4.78 is 6.05. The van der Waals surface area contributed by atoms with Crippen molar-refractivity contribution in [1.82, 2.24) is 20.4 Å². The summed E-state index contributed by atoms with van der Waals surface area (Å²) in [6.45, 7) is 1.32. The molecule has 2 aromatic rings. The Morgan fingerprint density at radius 3 is 2.44 bits per heavy atom. The number of hydrogen-bond donors (Lipinski definition) is 3. The van der Waals surface area contributed by atoms with Crippen molar-refractivity contribution in [2.24, 2.45) is 5.41 Å². The van der Waals surface area contributed by atoms with Crippen LogP contribution in [0.25, 0.3) is 0 Å². The van der Waals surface area contributed by atoms with Gasteiger partial charge in [0.1, 0.15) is 17.5 Å². The van der Waals surface area contributed by atoms with E-state index in [0.29, 0.717) is 50.4 Å². The number of amides is 3. The van der Waals surface area contributed by atoms with E-state index in [1.54, 1.807) is 29.2 Å². The van der Waals surface area contributed by atoms with Gasteiger partial charge in [-0.15, -0.1) is 0 Å². The smallest absolute Gasteiger partial charge is 0.326 e. The molecule has 208 valence electrons. The number of piperidine rings is 1. The van der Waals surface area contributed by atoms with Crippen molar-refractivity contribution in [3.8, 4) is 11.5 Å². The van der Waals surface area contributed by atoms with E-state index in [9.17, 15) is 24.3 Å². The van der Waals surface area contributed by atoms with Crippen molar-refractivity contribution in [2.45, 2.75) is 38.1 Å². The van der Waals surface area contributed by atoms with E-state index in [0.717, 1.165) is 11.1 Å². The first-order chi connectivity index (χ1) is 18.6. The van der Waals surface area contributed by atoms with Crippen molar-refractivity contribution in [3.05, 3.63) is 59.7 Å². The number of rotatable bonds is 3. The summed E-state index contributed by atoms with van der Waals surface area (Å²) in [6.07, 6.45) is 1.50. The van der Waals surface area contributed by atoms with Gasteiger partial charge in [0.2, 0.25) is 17.7 Å². The van der Waals surface area contributed by atoms with Gasteiger partial charge in [0.15, 0.2) is 0 Å². The number of fused-ring (bicyclic) bond motifs is 9. The van der Waals surface area contributed by atoms with Crippen molar-refractivity contribution in [3.63, 3.8) is 0 Å². The van der Waals surface area contributed by atoms with E-state index in [2.05, 4.69) is 10.6 Å².